The Morgan fingerprint density at radius 1 is 1.09 bits per heavy atom. The maximum Gasteiger partial charge on any atom is 0.224 e. The van der Waals surface area contributed by atoms with E-state index in [1.165, 1.54) is 0 Å². The van der Waals surface area contributed by atoms with E-state index in [0.29, 0.717) is 18.9 Å². The lowest BCUT2D eigenvalue weighted by atomic mass is 9.97. The van der Waals surface area contributed by atoms with Crippen LogP contribution >= 0.6 is 0 Å². The van der Waals surface area contributed by atoms with Crippen LogP contribution in [0, 0.1) is 33.6 Å². The van der Waals surface area contributed by atoms with E-state index in [4.69, 9.17) is 9.26 Å². The van der Waals surface area contributed by atoms with Gasteiger partial charge in [-0.15, -0.1) is 0 Å². The molecule has 2 aromatic heterocycles. The fourth-order valence-electron chi connectivity index (χ4n) is 3.87. The quantitative estimate of drug-likeness (QED) is 0.428. The first kappa shape index (κ1) is 24.5. The summed E-state index contributed by atoms with van der Waals surface area (Å²) in [5.41, 5.74) is 5.94. The third-order valence-electron chi connectivity index (χ3n) is 5.81. The van der Waals surface area contributed by atoms with Crippen molar-refractivity contribution < 1.29 is 14.1 Å². The predicted octanol–water partition coefficient (Wildman–Crippen LogP) is 5.72. The molecule has 0 saturated heterocycles. The van der Waals surface area contributed by atoms with E-state index >= 15 is 0 Å². The number of carbonyl (C=O) groups excluding carboxylic acids is 1. The highest BCUT2D eigenvalue weighted by molar-refractivity contribution is 5.79. The summed E-state index contributed by atoms with van der Waals surface area (Å²) in [6.07, 6.45) is 4.08. The molecule has 0 radical (unpaired) electrons. The fourth-order valence-corrected chi connectivity index (χ4v) is 3.87. The van der Waals surface area contributed by atoms with Gasteiger partial charge in [-0.3, -0.25) is 9.78 Å². The van der Waals surface area contributed by atoms with Crippen molar-refractivity contribution in [3.8, 4) is 5.75 Å². The number of rotatable bonds is 10. The van der Waals surface area contributed by atoms with E-state index in [-0.39, 0.29) is 11.9 Å². The normalized spacial score (nSPS) is 12.1. The zero-order chi connectivity index (χ0) is 24.0. The number of pyridine rings is 1. The molecule has 1 amide bonds. The second kappa shape index (κ2) is 11.1. The van der Waals surface area contributed by atoms with Crippen molar-refractivity contribution in [2.75, 3.05) is 0 Å². The molecule has 0 spiro atoms. The molecule has 1 unspecified atom stereocenters. The van der Waals surface area contributed by atoms with Gasteiger partial charge in [0.05, 0.1) is 29.4 Å². The second-order valence-corrected chi connectivity index (χ2v) is 9.22. The summed E-state index contributed by atoms with van der Waals surface area (Å²) in [5, 5.41) is 7.17. The number of hydrogen-bond acceptors (Lipinski definition) is 5. The molecule has 1 aromatic carbocycles. The number of carbonyl (C=O) groups is 1. The number of aromatic nitrogens is 2. The third-order valence-corrected chi connectivity index (χ3v) is 5.81. The van der Waals surface area contributed by atoms with E-state index in [2.05, 4.69) is 42.3 Å². The first-order valence-electron chi connectivity index (χ1n) is 11.6. The maximum absolute atomic E-state index is 12.9. The van der Waals surface area contributed by atoms with Crippen LogP contribution in [0.15, 0.2) is 41.1 Å². The summed E-state index contributed by atoms with van der Waals surface area (Å²) in [7, 11) is 0. The summed E-state index contributed by atoms with van der Waals surface area (Å²) >= 11 is 0. The van der Waals surface area contributed by atoms with E-state index in [0.717, 1.165) is 58.0 Å². The first-order chi connectivity index (χ1) is 15.7. The summed E-state index contributed by atoms with van der Waals surface area (Å²) in [4.78, 5) is 17.5. The Labute approximate surface area is 196 Å². The Morgan fingerprint density at radius 2 is 1.82 bits per heavy atom. The number of nitrogens with zero attached hydrogens (tertiary/aromatic N) is 2. The molecule has 0 aliphatic heterocycles. The highest BCUT2D eigenvalue weighted by Gasteiger charge is 2.19. The van der Waals surface area contributed by atoms with Crippen molar-refractivity contribution in [2.45, 2.75) is 73.5 Å². The molecule has 0 aliphatic carbocycles. The molecule has 33 heavy (non-hydrogen) atoms. The lowest BCUT2D eigenvalue weighted by molar-refractivity contribution is -0.121. The molecule has 2 heterocycles. The van der Waals surface area contributed by atoms with Crippen LogP contribution in [0.4, 0.5) is 0 Å². The Bertz CT molecular complexity index is 1050. The molecular formula is C27H35N3O3. The van der Waals surface area contributed by atoms with Gasteiger partial charge in [0.1, 0.15) is 18.1 Å². The van der Waals surface area contributed by atoms with Gasteiger partial charge in [-0.1, -0.05) is 37.2 Å². The molecule has 176 valence electrons. The smallest absolute Gasteiger partial charge is 0.224 e. The van der Waals surface area contributed by atoms with Crippen LogP contribution in [0.1, 0.15) is 72.1 Å². The number of ether oxygens (including phenoxy) is 1. The Kier molecular flexibility index (Phi) is 8.26. The van der Waals surface area contributed by atoms with Gasteiger partial charge in [0, 0.05) is 6.20 Å². The van der Waals surface area contributed by atoms with Gasteiger partial charge in [0.2, 0.25) is 5.91 Å². The minimum Gasteiger partial charge on any atom is -0.489 e. The molecule has 0 bridgehead atoms. The first-order valence-corrected chi connectivity index (χ1v) is 11.6. The summed E-state index contributed by atoms with van der Waals surface area (Å²) in [5.74, 6) is 2.07. The van der Waals surface area contributed by atoms with E-state index in [1.807, 2.05) is 51.2 Å². The summed E-state index contributed by atoms with van der Waals surface area (Å²) in [6.45, 7) is 12.7. The van der Waals surface area contributed by atoms with Crippen molar-refractivity contribution in [1.29, 1.82) is 0 Å². The van der Waals surface area contributed by atoms with Crippen LogP contribution in [0.2, 0.25) is 0 Å². The molecule has 6 nitrogen and oxygen atoms in total. The van der Waals surface area contributed by atoms with Crippen LogP contribution in [0.5, 0.6) is 5.75 Å². The van der Waals surface area contributed by atoms with Crippen LogP contribution in [-0.4, -0.2) is 16.0 Å². The number of benzene rings is 1. The van der Waals surface area contributed by atoms with Crippen molar-refractivity contribution in [2.24, 2.45) is 5.92 Å². The van der Waals surface area contributed by atoms with Crippen LogP contribution in [0.3, 0.4) is 0 Å². The molecule has 3 aromatic rings. The average molecular weight is 450 g/mol. The van der Waals surface area contributed by atoms with Gasteiger partial charge >= 0.3 is 0 Å². The van der Waals surface area contributed by atoms with Crippen molar-refractivity contribution in [1.82, 2.24) is 15.5 Å². The van der Waals surface area contributed by atoms with Gasteiger partial charge in [-0.05, 0) is 75.3 Å². The zero-order valence-corrected chi connectivity index (χ0v) is 20.6. The highest BCUT2D eigenvalue weighted by Crippen LogP contribution is 2.23. The van der Waals surface area contributed by atoms with Crippen LogP contribution in [-0.2, 0) is 17.8 Å². The maximum atomic E-state index is 12.9. The molecule has 6 heteroatoms. The lowest BCUT2D eigenvalue weighted by Gasteiger charge is -2.21. The van der Waals surface area contributed by atoms with Crippen molar-refractivity contribution in [3.05, 3.63) is 75.9 Å². The number of amides is 1. The number of aryl methyl sites for hydroxylation is 4. The predicted molar refractivity (Wildman–Crippen MR) is 129 cm³/mol. The molecule has 0 aliphatic rings. The minimum absolute atomic E-state index is 0.00470. The second-order valence-electron chi connectivity index (χ2n) is 9.22. The van der Waals surface area contributed by atoms with Crippen molar-refractivity contribution >= 4 is 5.91 Å². The number of hydrogen-bond donors (Lipinski definition) is 1. The molecule has 1 N–H and O–H groups in total. The fraction of sp³-hybridized carbons (Fsp3) is 0.444. The Morgan fingerprint density at radius 3 is 2.42 bits per heavy atom. The average Bonchev–Trinajstić information content (AvgIpc) is 3.08. The minimum atomic E-state index is -0.0850. The lowest BCUT2D eigenvalue weighted by Crippen LogP contribution is -2.31. The van der Waals surface area contributed by atoms with Crippen LogP contribution < -0.4 is 10.1 Å². The topological polar surface area (TPSA) is 77.2 Å². The Balaban J connectivity index is 1.61. The molecule has 0 saturated carbocycles. The Hall–Kier alpha value is -3.15. The molecular weight excluding hydrogens is 414 g/mol. The van der Waals surface area contributed by atoms with Crippen LogP contribution in [0.25, 0.3) is 0 Å². The standard InChI is InChI=1S/C27H35N3O3/c1-17(2)7-12-25(27-19(4)13-18(3)15-28-27)29-26(31)14-22-8-10-23(11-9-22)32-16-24-20(5)30-33-21(24)6/h8-11,13,15,17,25H,7,12,14,16H2,1-6H3,(H,29,31). The molecule has 3 rings (SSSR count). The van der Waals surface area contributed by atoms with Gasteiger partial charge in [0.25, 0.3) is 0 Å². The SMILES string of the molecule is Cc1cnc(C(CCC(C)C)NC(=O)Cc2ccc(OCc3c(C)noc3C)cc2)c(C)c1. The zero-order valence-electron chi connectivity index (χ0n) is 20.6. The largest absolute Gasteiger partial charge is 0.489 e. The number of nitrogens with one attached hydrogen (secondary N) is 1. The summed E-state index contributed by atoms with van der Waals surface area (Å²) in [6, 6.07) is 9.68. The van der Waals surface area contributed by atoms with E-state index < -0.39 is 0 Å². The highest BCUT2D eigenvalue weighted by atomic mass is 16.5. The monoisotopic (exact) mass is 449 g/mol. The molecule has 1 atom stereocenters. The molecule has 0 fully saturated rings. The van der Waals surface area contributed by atoms with Gasteiger partial charge in [-0.2, -0.15) is 0 Å². The van der Waals surface area contributed by atoms with Gasteiger partial charge in [0.15, 0.2) is 0 Å². The summed E-state index contributed by atoms with van der Waals surface area (Å²) < 4.78 is 11.0. The van der Waals surface area contributed by atoms with Gasteiger partial charge < -0.3 is 14.6 Å². The van der Waals surface area contributed by atoms with Crippen molar-refractivity contribution in [3.63, 3.8) is 0 Å². The van der Waals surface area contributed by atoms with E-state index in [1.54, 1.807) is 0 Å². The third kappa shape index (κ3) is 6.91. The van der Waals surface area contributed by atoms with Gasteiger partial charge in [-0.25, -0.2) is 0 Å². The van der Waals surface area contributed by atoms with E-state index in [9.17, 15) is 4.79 Å².